The highest BCUT2D eigenvalue weighted by atomic mass is 16.5. The van der Waals surface area contributed by atoms with Crippen molar-refractivity contribution in [3.8, 4) is 5.75 Å². The lowest BCUT2D eigenvalue weighted by atomic mass is 9.60. The van der Waals surface area contributed by atoms with E-state index >= 15 is 0 Å². The normalized spacial score (nSPS) is 32.0. The van der Waals surface area contributed by atoms with Crippen LogP contribution in [0.1, 0.15) is 41.6 Å². The maximum Gasteiger partial charge on any atom is 0.255 e. The monoisotopic (exact) mass is 369 g/mol. The number of carbonyl (C=O) groups excluding carboxylic acids is 3. The van der Waals surface area contributed by atoms with E-state index in [1.165, 1.54) is 12.8 Å². The molecule has 2 bridgehead atoms. The molecule has 7 heteroatoms. The summed E-state index contributed by atoms with van der Waals surface area (Å²) >= 11 is 0. The topological polar surface area (TPSA) is 87.7 Å². The molecule has 5 aliphatic rings. The number of hydrogen-bond acceptors (Lipinski definition) is 5. The molecule has 1 aromatic carbocycles. The number of benzene rings is 1. The van der Waals surface area contributed by atoms with Gasteiger partial charge in [0, 0.05) is 30.5 Å². The number of carbonyl (C=O) groups is 3. The Morgan fingerprint density at radius 2 is 2.07 bits per heavy atom. The zero-order valence-corrected chi connectivity index (χ0v) is 15.1. The number of imide groups is 1. The van der Waals surface area contributed by atoms with Crippen LogP contribution < -0.4 is 15.4 Å². The lowest BCUT2D eigenvalue weighted by Gasteiger charge is -2.52. The number of piperidine rings is 3. The summed E-state index contributed by atoms with van der Waals surface area (Å²) in [5.74, 6) is 0.762. The first-order valence-electron chi connectivity index (χ1n) is 9.64. The van der Waals surface area contributed by atoms with Crippen molar-refractivity contribution in [2.75, 3.05) is 19.7 Å². The number of nitrogens with one attached hydrogen (secondary N) is 2. The molecule has 4 aliphatic heterocycles. The van der Waals surface area contributed by atoms with Crippen LogP contribution in [0.25, 0.3) is 0 Å². The van der Waals surface area contributed by atoms with E-state index in [2.05, 4.69) is 10.6 Å². The fourth-order valence-corrected chi connectivity index (χ4v) is 5.04. The minimum absolute atomic E-state index is 0.150. The van der Waals surface area contributed by atoms with Crippen LogP contribution in [0.4, 0.5) is 0 Å². The standard InChI is InChI=1S/C20H23N3O4/c24-17-4-3-16(18(25)22-17)23-9-13-5-14(1-2-15(13)19(23)26)27-11-20-6-12(7-20)8-21-10-20/h1-2,5,12,16,21H,3-4,6-11H2,(H,22,24,25). The Kier molecular flexibility index (Phi) is 3.75. The smallest absolute Gasteiger partial charge is 0.255 e. The molecule has 0 radical (unpaired) electrons. The van der Waals surface area contributed by atoms with E-state index in [9.17, 15) is 14.4 Å². The Balaban J connectivity index is 1.27. The molecule has 7 nitrogen and oxygen atoms in total. The van der Waals surface area contributed by atoms with Crippen molar-refractivity contribution in [1.82, 2.24) is 15.5 Å². The van der Waals surface area contributed by atoms with E-state index < -0.39 is 6.04 Å². The van der Waals surface area contributed by atoms with E-state index in [0.29, 0.717) is 25.1 Å². The Hall–Kier alpha value is -2.41. The summed E-state index contributed by atoms with van der Waals surface area (Å²) in [6.45, 7) is 3.21. The molecule has 0 spiro atoms. The van der Waals surface area contributed by atoms with Crippen LogP contribution in [0.15, 0.2) is 18.2 Å². The molecule has 142 valence electrons. The number of ether oxygens (including phenoxy) is 1. The van der Waals surface area contributed by atoms with Gasteiger partial charge in [-0.1, -0.05) is 0 Å². The van der Waals surface area contributed by atoms with E-state index in [1.807, 2.05) is 12.1 Å². The van der Waals surface area contributed by atoms with Gasteiger partial charge in [0.15, 0.2) is 0 Å². The largest absolute Gasteiger partial charge is 0.493 e. The second-order valence-electron chi connectivity index (χ2n) is 8.41. The molecular formula is C20H23N3O4. The summed E-state index contributed by atoms with van der Waals surface area (Å²) in [7, 11) is 0. The number of hydrogen-bond donors (Lipinski definition) is 2. The van der Waals surface area contributed by atoms with E-state index in [0.717, 1.165) is 30.3 Å². The first kappa shape index (κ1) is 16.7. The third-order valence-electron chi connectivity index (χ3n) is 6.42. The molecule has 1 aromatic rings. The Bertz CT molecular complexity index is 825. The average Bonchev–Trinajstić information content (AvgIpc) is 2.96. The van der Waals surface area contributed by atoms with Gasteiger partial charge in [-0.05, 0) is 55.5 Å². The fraction of sp³-hybridized carbons (Fsp3) is 0.550. The molecule has 2 N–H and O–H groups in total. The predicted molar refractivity (Wildman–Crippen MR) is 96.0 cm³/mol. The van der Waals surface area contributed by atoms with Crippen molar-refractivity contribution >= 4 is 17.7 Å². The highest BCUT2D eigenvalue weighted by Crippen LogP contribution is 2.48. The second-order valence-corrected chi connectivity index (χ2v) is 8.41. The molecule has 4 fully saturated rings. The van der Waals surface area contributed by atoms with Gasteiger partial charge in [0.25, 0.3) is 5.91 Å². The van der Waals surface area contributed by atoms with Gasteiger partial charge in [0.2, 0.25) is 11.8 Å². The molecule has 3 amide bonds. The Labute approximate surface area is 157 Å². The number of amides is 3. The summed E-state index contributed by atoms with van der Waals surface area (Å²) in [4.78, 5) is 37.7. The van der Waals surface area contributed by atoms with Gasteiger partial charge < -0.3 is 15.0 Å². The van der Waals surface area contributed by atoms with Gasteiger partial charge in [-0.25, -0.2) is 0 Å². The van der Waals surface area contributed by atoms with Gasteiger partial charge in [0.05, 0.1) is 6.61 Å². The zero-order valence-electron chi connectivity index (χ0n) is 15.1. The van der Waals surface area contributed by atoms with Crippen LogP contribution in [0.3, 0.4) is 0 Å². The number of nitrogens with zero attached hydrogens (tertiary/aromatic N) is 1. The summed E-state index contributed by atoms with van der Waals surface area (Å²) in [6, 6.07) is 4.97. The summed E-state index contributed by atoms with van der Waals surface area (Å²) in [5, 5.41) is 5.79. The lowest BCUT2D eigenvalue weighted by molar-refractivity contribution is -0.136. The average molecular weight is 369 g/mol. The predicted octanol–water partition coefficient (Wildman–Crippen LogP) is 0.826. The van der Waals surface area contributed by atoms with Crippen LogP contribution in [-0.4, -0.2) is 48.4 Å². The van der Waals surface area contributed by atoms with Crippen LogP contribution in [-0.2, 0) is 16.1 Å². The molecule has 1 unspecified atom stereocenters. The van der Waals surface area contributed by atoms with E-state index in [4.69, 9.17) is 4.74 Å². The lowest BCUT2D eigenvalue weighted by Crippen LogP contribution is -2.57. The van der Waals surface area contributed by atoms with Gasteiger partial charge in [-0.3, -0.25) is 19.7 Å². The highest BCUT2D eigenvalue weighted by molar-refractivity contribution is 6.05. The van der Waals surface area contributed by atoms with Crippen molar-refractivity contribution in [2.45, 2.75) is 38.3 Å². The quantitative estimate of drug-likeness (QED) is 0.768. The third kappa shape index (κ3) is 2.81. The molecule has 3 saturated heterocycles. The van der Waals surface area contributed by atoms with Gasteiger partial charge >= 0.3 is 0 Å². The van der Waals surface area contributed by atoms with Crippen LogP contribution in [0.2, 0.25) is 0 Å². The van der Waals surface area contributed by atoms with E-state index in [-0.39, 0.29) is 29.6 Å². The second kappa shape index (κ2) is 6.05. The summed E-state index contributed by atoms with van der Waals surface area (Å²) in [6.07, 6.45) is 3.10. The molecule has 27 heavy (non-hydrogen) atoms. The van der Waals surface area contributed by atoms with Crippen molar-refractivity contribution in [3.05, 3.63) is 29.3 Å². The van der Waals surface area contributed by atoms with Crippen molar-refractivity contribution in [1.29, 1.82) is 0 Å². The molecule has 4 heterocycles. The minimum atomic E-state index is -0.578. The Morgan fingerprint density at radius 3 is 2.81 bits per heavy atom. The van der Waals surface area contributed by atoms with E-state index in [1.54, 1.807) is 11.0 Å². The molecule has 1 aliphatic carbocycles. The number of fused-ring (bicyclic) bond motifs is 3. The summed E-state index contributed by atoms with van der Waals surface area (Å²) < 4.78 is 6.07. The zero-order chi connectivity index (χ0) is 18.6. The first-order valence-corrected chi connectivity index (χ1v) is 9.64. The van der Waals surface area contributed by atoms with Gasteiger partial charge in [-0.2, -0.15) is 0 Å². The molecule has 1 saturated carbocycles. The van der Waals surface area contributed by atoms with Crippen molar-refractivity contribution in [2.24, 2.45) is 11.3 Å². The van der Waals surface area contributed by atoms with Gasteiger partial charge in [-0.15, -0.1) is 0 Å². The SMILES string of the molecule is O=C1CCC(N2Cc3cc(OCC45CNCC(C4)C5)ccc3C2=O)C(=O)N1. The van der Waals surface area contributed by atoms with Crippen LogP contribution in [0, 0.1) is 11.3 Å². The first-order chi connectivity index (χ1) is 13.0. The van der Waals surface area contributed by atoms with Crippen molar-refractivity contribution in [3.63, 3.8) is 0 Å². The summed E-state index contributed by atoms with van der Waals surface area (Å²) in [5.41, 5.74) is 1.76. The van der Waals surface area contributed by atoms with Crippen molar-refractivity contribution < 1.29 is 19.1 Å². The van der Waals surface area contributed by atoms with Crippen LogP contribution >= 0.6 is 0 Å². The molecule has 0 aromatic heterocycles. The minimum Gasteiger partial charge on any atom is -0.493 e. The highest BCUT2D eigenvalue weighted by Gasteiger charge is 2.47. The Morgan fingerprint density at radius 1 is 1.22 bits per heavy atom. The fourth-order valence-electron chi connectivity index (χ4n) is 5.04. The van der Waals surface area contributed by atoms with Crippen LogP contribution in [0.5, 0.6) is 5.75 Å². The molecule has 1 atom stereocenters. The third-order valence-corrected chi connectivity index (χ3v) is 6.42. The van der Waals surface area contributed by atoms with Gasteiger partial charge in [0.1, 0.15) is 11.8 Å². The number of rotatable bonds is 4. The molecule has 6 rings (SSSR count). The maximum absolute atomic E-state index is 12.7. The maximum atomic E-state index is 12.7. The molecular weight excluding hydrogens is 346 g/mol.